The number of benzene rings is 1. The van der Waals surface area contributed by atoms with Gasteiger partial charge < -0.3 is 4.74 Å². The lowest BCUT2D eigenvalue weighted by molar-refractivity contribution is -0.151. The monoisotopic (exact) mass is 240 g/mol. The third-order valence-electron chi connectivity index (χ3n) is 2.18. The third-order valence-corrected chi connectivity index (χ3v) is 2.63. The van der Waals surface area contributed by atoms with Crippen LogP contribution in [0.3, 0.4) is 0 Å². The van der Waals surface area contributed by atoms with Crippen molar-refractivity contribution in [1.82, 2.24) is 0 Å². The molecule has 3 heteroatoms. The summed E-state index contributed by atoms with van der Waals surface area (Å²) in [4.78, 5) is 11.1. The molecule has 0 N–H and O–H groups in total. The number of carbonyl (C=O) groups is 1. The summed E-state index contributed by atoms with van der Waals surface area (Å²) in [7, 11) is 0. The summed E-state index contributed by atoms with van der Waals surface area (Å²) >= 11 is 6.41. The molecule has 88 valence electrons. The van der Waals surface area contributed by atoms with Crippen LogP contribution < -0.4 is 0 Å². The first-order chi connectivity index (χ1) is 7.44. The van der Waals surface area contributed by atoms with Gasteiger partial charge in [-0.2, -0.15) is 0 Å². The number of hydrogen-bond donors (Lipinski definition) is 0. The minimum atomic E-state index is -1.04. The number of ether oxygens (including phenoxy) is 1. The van der Waals surface area contributed by atoms with Gasteiger partial charge >= 0.3 is 5.97 Å². The Morgan fingerprint density at radius 3 is 2.38 bits per heavy atom. The van der Waals surface area contributed by atoms with Crippen molar-refractivity contribution in [3.05, 3.63) is 35.9 Å². The van der Waals surface area contributed by atoms with Crippen LogP contribution in [0.15, 0.2) is 30.3 Å². The lowest BCUT2D eigenvalue weighted by Gasteiger charge is -2.28. The number of carbonyl (C=O) groups excluding carboxylic acids is 1. The molecule has 2 nitrogen and oxygen atoms in total. The van der Waals surface area contributed by atoms with Crippen molar-refractivity contribution in [2.75, 3.05) is 0 Å². The van der Waals surface area contributed by atoms with Crippen LogP contribution >= 0.6 is 11.6 Å². The van der Waals surface area contributed by atoms with Gasteiger partial charge in [0.25, 0.3) is 0 Å². The van der Waals surface area contributed by atoms with E-state index >= 15 is 0 Å². The van der Waals surface area contributed by atoms with Gasteiger partial charge in [-0.3, -0.25) is 4.79 Å². The molecule has 0 aliphatic heterocycles. The van der Waals surface area contributed by atoms with Crippen molar-refractivity contribution in [2.45, 2.75) is 32.3 Å². The molecule has 16 heavy (non-hydrogen) atoms. The van der Waals surface area contributed by atoms with E-state index in [0.717, 1.165) is 5.56 Å². The van der Waals surface area contributed by atoms with Crippen LogP contribution in [0.5, 0.6) is 0 Å². The Morgan fingerprint density at radius 1 is 1.38 bits per heavy atom. The highest BCUT2D eigenvalue weighted by atomic mass is 35.5. The van der Waals surface area contributed by atoms with Crippen LogP contribution in [0.4, 0.5) is 0 Å². The van der Waals surface area contributed by atoms with E-state index in [1.807, 2.05) is 44.2 Å². The standard InChI is InChI=1S/C13H17ClO2/c1-10(2)9-13(14,16-11(3)15)12-7-5-4-6-8-12/h4-8,10H,9H2,1-3H3. The van der Waals surface area contributed by atoms with Gasteiger partial charge in [0.15, 0.2) is 0 Å². The van der Waals surface area contributed by atoms with Gasteiger partial charge in [0.1, 0.15) is 0 Å². The zero-order valence-electron chi connectivity index (χ0n) is 9.87. The SMILES string of the molecule is CC(=O)OC(Cl)(CC(C)C)c1ccccc1. The summed E-state index contributed by atoms with van der Waals surface area (Å²) in [6.07, 6.45) is 0.595. The summed E-state index contributed by atoms with van der Waals surface area (Å²) in [6.45, 7) is 5.47. The van der Waals surface area contributed by atoms with Crippen LogP contribution in [0.1, 0.15) is 32.8 Å². The molecule has 0 fully saturated rings. The van der Waals surface area contributed by atoms with Gasteiger partial charge in [0.2, 0.25) is 5.06 Å². The molecule has 0 amide bonds. The van der Waals surface area contributed by atoms with Gasteiger partial charge in [0.05, 0.1) is 0 Å². The Morgan fingerprint density at radius 2 is 1.94 bits per heavy atom. The lowest BCUT2D eigenvalue weighted by Crippen LogP contribution is -2.27. The molecule has 0 bridgehead atoms. The molecule has 0 spiro atoms. The minimum absolute atomic E-state index is 0.344. The van der Waals surface area contributed by atoms with Gasteiger partial charge in [-0.1, -0.05) is 55.8 Å². The fourth-order valence-electron chi connectivity index (χ4n) is 1.66. The summed E-state index contributed by atoms with van der Waals surface area (Å²) < 4.78 is 5.26. The van der Waals surface area contributed by atoms with E-state index in [9.17, 15) is 4.79 Å². The maximum atomic E-state index is 11.1. The maximum absolute atomic E-state index is 11.1. The van der Waals surface area contributed by atoms with Gasteiger partial charge in [0, 0.05) is 18.9 Å². The number of rotatable bonds is 4. The number of hydrogen-bond acceptors (Lipinski definition) is 2. The van der Waals surface area contributed by atoms with E-state index in [0.29, 0.717) is 12.3 Å². The van der Waals surface area contributed by atoms with Gasteiger partial charge in [-0.25, -0.2) is 0 Å². The molecule has 0 aliphatic carbocycles. The Bertz CT molecular complexity index is 348. The van der Waals surface area contributed by atoms with Crippen LogP contribution in [0.2, 0.25) is 0 Å². The first-order valence-corrected chi connectivity index (χ1v) is 5.76. The normalized spacial score (nSPS) is 14.6. The van der Waals surface area contributed by atoms with Crippen molar-refractivity contribution in [3.63, 3.8) is 0 Å². The van der Waals surface area contributed by atoms with Crippen LogP contribution in [-0.2, 0) is 14.6 Å². The Labute approximate surface area is 102 Å². The van der Waals surface area contributed by atoms with Gasteiger partial charge in [-0.15, -0.1) is 0 Å². The Kier molecular flexibility index (Phi) is 4.36. The molecular formula is C13H17ClO2. The molecule has 0 radical (unpaired) electrons. The average molecular weight is 241 g/mol. The molecule has 0 aromatic heterocycles. The first-order valence-electron chi connectivity index (χ1n) is 5.38. The van der Waals surface area contributed by atoms with Crippen molar-refractivity contribution < 1.29 is 9.53 Å². The van der Waals surface area contributed by atoms with Crippen LogP contribution in [0, 0.1) is 5.92 Å². The molecule has 1 rings (SSSR count). The number of esters is 1. The van der Waals surface area contributed by atoms with Crippen molar-refractivity contribution in [2.24, 2.45) is 5.92 Å². The summed E-state index contributed by atoms with van der Waals surface area (Å²) in [6, 6.07) is 9.42. The zero-order valence-corrected chi connectivity index (χ0v) is 10.6. The Balaban J connectivity index is 2.99. The second-order valence-electron chi connectivity index (χ2n) is 4.29. The highest BCUT2D eigenvalue weighted by molar-refractivity contribution is 6.23. The molecular weight excluding hydrogens is 224 g/mol. The largest absolute Gasteiger partial charge is 0.439 e. The predicted molar refractivity (Wildman–Crippen MR) is 65.2 cm³/mol. The molecule has 1 unspecified atom stereocenters. The predicted octanol–water partition coefficient (Wildman–Crippen LogP) is 3.69. The van der Waals surface area contributed by atoms with Crippen LogP contribution in [-0.4, -0.2) is 5.97 Å². The van der Waals surface area contributed by atoms with E-state index in [-0.39, 0.29) is 5.97 Å². The topological polar surface area (TPSA) is 26.3 Å². The smallest absolute Gasteiger partial charge is 0.304 e. The van der Waals surface area contributed by atoms with Crippen molar-refractivity contribution in [1.29, 1.82) is 0 Å². The first kappa shape index (κ1) is 13.0. The van der Waals surface area contributed by atoms with Crippen molar-refractivity contribution >= 4 is 17.6 Å². The molecule has 1 aromatic carbocycles. The van der Waals surface area contributed by atoms with E-state index in [2.05, 4.69) is 0 Å². The molecule has 1 atom stereocenters. The van der Waals surface area contributed by atoms with Crippen molar-refractivity contribution in [3.8, 4) is 0 Å². The highest BCUT2D eigenvalue weighted by Gasteiger charge is 2.33. The van der Waals surface area contributed by atoms with Crippen LogP contribution in [0.25, 0.3) is 0 Å². The van der Waals surface area contributed by atoms with E-state index in [4.69, 9.17) is 16.3 Å². The fraction of sp³-hybridized carbons (Fsp3) is 0.462. The lowest BCUT2D eigenvalue weighted by atomic mass is 9.99. The van der Waals surface area contributed by atoms with E-state index < -0.39 is 5.06 Å². The van der Waals surface area contributed by atoms with E-state index in [1.165, 1.54) is 6.92 Å². The second kappa shape index (κ2) is 5.35. The van der Waals surface area contributed by atoms with E-state index in [1.54, 1.807) is 0 Å². The zero-order chi connectivity index (χ0) is 12.2. The minimum Gasteiger partial charge on any atom is -0.439 e. The average Bonchev–Trinajstić information content (AvgIpc) is 2.16. The summed E-state index contributed by atoms with van der Waals surface area (Å²) in [5, 5.41) is -1.04. The van der Waals surface area contributed by atoms with Gasteiger partial charge in [-0.05, 0) is 5.92 Å². The maximum Gasteiger partial charge on any atom is 0.304 e. The molecule has 1 aromatic rings. The third kappa shape index (κ3) is 3.53. The number of halogens is 1. The number of alkyl halides is 1. The molecule has 0 aliphatic rings. The molecule has 0 saturated heterocycles. The second-order valence-corrected chi connectivity index (χ2v) is 4.90. The fourth-order valence-corrected chi connectivity index (χ4v) is 2.20. The molecule has 0 heterocycles. The summed E-state index contributed by atoms with van der Waals surface area (Å²) in [5.41, 5.74) is 0.820. The molecule has 0 saturated carbocycles. The highest BCUT2D eigenvalue weighted by Crippen LogP contribution is 2.36. The Hall–Kier alpha value is -1.02. The quantitative estimate of drug-likeness (QED) is 0.593. The summed E-state index contributed by atoms with van der Waals surface area (Å²) in [5.74, 6) is -0.0171.